The zero-order valence-corrected chi connectivity index (χ0v) is 24.5. The molecule has 2 heterocycles. The minimum absolute atomic E-state index is 0.152. The van der Waals surface area contributed by atoms with Gasteiger partial charge in [-0.2, -0.15) is 8.78 Å². The lowest BCUT2D eigenvalue weighted by Crippen LogP contribution is -2.27. The molecule has 3 aromatic rings. The quantitative estimate of drug-likeness (QED) is 0.184. The van der Waals surface area contributed by atoms with Gasteiger partial charge < -0.3 is 16.4 Å². The molecule has 0 aliphatic carbocycles. The standard InChI is InChI=1S/C29H34F3N7O2S/c1-17-6-7-20(11-25(17)39(34)15-24(33)26-13-35-28(42-26)36-19(3)40)27(41)37-22-10-21(14-38-8-4-5-9-38)18(2)23(12-22)29(31,32)16-30/h6-7,10-13,15H,4-5,8-9,14,16,33-34H2,1-3H3,(H,37,41)(H,35,36,40)/b24-15-. The van der Waals surface area contributed by atoms with E-state index in [0.29, 0.717) is 33.4 Å². The van der Waals surface area contributed by atoms with Crippen LogP contribution >= 0.6 is 11.3 Å². The fourth-order valence-electron chi connectivity index (χ4n) is 4.78. The molecule has 224 valence electrons. The van der Waals surface area contributed by atoms with Crippen molar-refractivity contribution in [3.05, 3.63) is 75.4 Å². The number of thiazole rings is 1. The average Bonchev–Trinajstić information content (AvgIpc) is 3.62. The third kappa shape index (κ3) is 7.27. The number of amides is 2. The van der Waals surface area contributed by atoms with Crippen LogP contribution < -0.4 is 27.2 Å². The number of anilines is 3. The smallest absolute Gasteiger partial charge is 0.301 e. The molecular formula is C29H34F3N7O2S. The monoisotopic (exact) mass is 601 g/mol. The van der Waals surface area contributed by atoms with Crippen LogP contribution in [0.4, 0.5) is 29.7 Å². The van der Waals surface area contributed by atoms with E-state index in [1.807, 2.05) is 0 Å². The zero-order valence-electron chi connectivity index (χ0n) is 23.6. The van der Waals surface area contributed by atoms with Crippen molar-refractivity contribution in [2.75, 3.05) is 35.4 Å². The maximum absolute atomic E-state index is 14.6. The number of aryl methyl sites for hydroxylation is 1. The topological polar surface area (TPSA) is 130 Å². The first kappa shape index (κ1) is 31.0. The summed E-state index contributed by atoms with van der Waals surface area (Å²) in [6.07, 6.45) is 5.03. The van der Waals surface area contributed by atoms with Crippen molar-refractivity contribution in [1.82, 2.24) is 9.88 Å². The molecular weight excluding hydrogens is 567 g/mol. The first-order valence-corrected chi connectivity index (χ1v) is 14.2. The highest BCUT2D eigenvalue weighted by Gasteiger charge is 2.35. The van der Waals surface area contributed by atoms with Crippen molar-refractivity contribution in [3.8, 4) is 0 Å². The number of hydrogen-bond acceptors (Lipinski definition) is 8. The first-order chi connectivity index (χ1) is 19.9. The minimum atomic E-state index is -3.69. The Kier molecular flexibility index (Phi) is 9.54. The van der Waals surface area contributed by atoms with Crippen molar-refractivity contribution in [1.29, 1.82) is 0 Å². The summed E-state index contributed by atoms with van der Waals surface area (Å²) >= 11 is 1.17. The predicted molar refractivity (Wildman–Crippen MR) is 160 cm³/mol. The molecule has 13 heteroatoms. The molecule has 6 N–H and O–H groups in total. The summed E-state index contributed by atoms with van der Waals surface area (Å²) in [5, 5.41) is 6.94. The molecule has 9 nitrogen and oxygen atoms in total. The summed E-state index contributed by atoms with van der Waals surface area (Å²) in [5.74, 6) is 1.79. The summed E-state index contributed by atoms with van der Waals surface area (Å²) in [6.45, 7) is 5.04. The molecule has 1 saturated heterocycles. The van der Waals surface area contributed by atoms with Gasteiger partial charge in [-0.1, -0.05) is 17.4 Å². The van der Waals surface area contributed by atoms with Gasteiger partial charge in [0.1, 0.15) is 0 Å². The maximum Gasteiger partial charge on any atom is 0.301 e. The van der Waals surface area contributed by atoms with Crippen LogP contribution in [0.2, 0.25) is 0 Å². The third-order valence-corrected chi connectivity index (χ3v) is 7.99. The average molecular weight is 602 g/mol. The van der Waals surface area contributed by atoms with Crippen LogP contribution in [-0.2, 0) is 17.3 Å². The van der Waals surface area contributed by atoms with Crippen molar-refractivity contribution < 1.29 is 22.8 Å². The van der Waals surface area contributed by atoms with Gasteiger partial charge in [0.2, 0.25) is 5.91 Å². The summed E-state index contributed by atoms with van der Waals surface area (Å²) in [6, 6.07) is 7.65. The van der Waals surface area contributed by atoms with Gasteiger partial charge in [0.25, 0.3) is 5.91 Å². The first-order valence-electron chi connectivity index (χ1n) is 13.3. The molecule has 0 bridgehead atoms. The van der Waals surface area contributed by atoms with Crippen molar-refractivity contribution in [2.45, 2.75) is 46.1 Å². The molecule has 1 aromatic heterocycles. The van der Waals surface area contributed by atoms with Crippen molar-refractivity contribution >= 4 is 45.4 Å². The Morgan fingerprint density at radius 2 is 1.88 bits per heavy atom. The number of halogens is 3. The number of benzene rings is 2. The second-order valence-electron chi connectivity index (χ2n) is 10.3. The number of likely N-dealkylation sites (tertiary alicyclic amines) is 1. The van der Waals surface area contributed by atoms with Gasteiger partial charge in [-0.05, 0) is 80.7 Å². The van der Waals surface area contributed by atoms with Crippen LogP contribution in [-0.4, -0.2) is 41.5 Å². The van der Waals surface area contributed by atoms with Crippen LogP contribution in [0.1, 0.15) is 57.3 Å². The number of nitrogens with one attached hydrogen (secondary N) is 2. The normalized spacial score (nSPS) is 14.2. The Hall–Kier alpha value is -3.94. The Morgan fingerprint density at radius 3 is 2.55 bits per heavy atom. The molecule has 0 spiro atoms. The molecule has 1 aliphatic rings. The van der Waals surface area contributed by atoms with E-state index in [0.717, 1.165) is 37.6 Å². The van der Waals surface area contributed by atoms with Crippen LogP contribution in [0.15, 0.2) is 42.7 Å². The van der Waals surface area contributed by atoms with Crippen LogP contribution in [0.3, 0.4) is 0 Å². The lowest BCUT2D eigenvalue weighted by molar-refractivity contribution is -0.114. The number of hydrazine groups is 1. The minimum Gasteiger partial charge on any atom is -0.396 e. The van der Waals surface area contributed by atoms with Gasteiger partial charge in [-0.25, -0.2) is 15.2 Å². The highest BCUT2D eigenvalue weighted by molar-refractivity contribution is 7.16. The molecule has 0 radical (unpaired) electrons. The molecule has 42 heavy (non-hydrogen) atoms. The SMILES string of the molecule is CC(=O)Nc1ncc(/C(N)=C/N(N)c2cc(C(=O)Nc3cc(CN4CCCC4)c(C)c(C(F)(F)CF)c3)ccc2C)s1. The van der Waals surface area contributed by atoms with E-state index < -0.39 is 24.1 Å². The van der Waals surface area contributed by atoms with E-state index in [-0.39, 0.29) is 22.9 Å². The number of nitrogens with zero attached hydrogens (tertiary/aromatic N) is 3. The summed E-state index contributed by atoms with van der Waals surface area (Å²) in [5.41, 5.74) is 8.56. The second-order valence-corrected chi connectivity index (χ2v) is 11.3. The molecule has 2 aromatic carbocycles. The molecule has 0 atom stereocenters. The molecule has 0 unspecified atom stereocenters. The number of hydrogen-bond donors (Lipinski definition) is 4. The molecule has 4 rings (SSSR count). The number of aromatic nitrogens is 1. The van der Waals surface area contributed by atoms with E-state index in [1.54, 1.807) is 38.1 Å². The molecule has 1 aliphatic heterocycles. The van der Waals surface area contributed by atoms with E-state index in [2.05, 4.69) is 20.5 Å². The summed E-state index contributed by atoms with van der Waals surface area (Å²) in [4.78, 5) is 31.4. The highest BCUT2D eigenvalue weighted by atomic mass is 32.1. The number of alkyl halides is 3. The highest BCUT2D eigenvalue weighted by Crippen LogP contribution is 2.36. The van der Waals surface area contributed by atoms with Crippen molar-refractivity contribution in [2.24, 2.45) is 11.6 Å². The largest absolute Gasteiger partial charge is 0.396 e. The fraction of sp³-hybridized carbons (Fsp3) is 0.345. The van der Waals surface area contributed by atoms with Crippen LogP contribution in [0.5, 0.6) is 0 Å². The number of nitrogens with two attached hydrogens (primary N) is 2. The van der Waals surface area contributed by atoms with Crippen LogP contribution in [0.25, 0.3) is 5.70 Å². The van der Waals surface area contributed by atoms with Crippen LogP contribution in [0, 0.1) is 13.8 Å². The Labute approximate surface area is 246 Å². The zero-order chi connectivity index (χ0) is 30.6. The van der Waals surface area contributed by atoms with Gasteiger partial charge in [0.15, 0.2) is 11.8 Å². The predicted octanol–water partition coefficient (Wildman–Crippen LogP) is 5.27. The lowest BCUT2D eigenvalue weighted by atomic mass is 9.96. The Balaban J connectivity index is 1.58. The summed E-state index contributed by atoms with van der Waals surface area (Å²) in [7, 11) is 0. The Morgan fingerprint density at radius 1 is 1.17 bits per heavy atom. The number of carbonyl (C=O) groups is 2. The molecule has 1 fully saturated rings. The summed E-state index contributed by atoms with van der Waals surface area (Å²) < 4.78 is 42.5. The third-order valence-electron chi connectivity index (χ3n) is 7.03. The number of carbonyl (C=O) groups excluding carboxylic acids is 2. The van der Waals surface area contributed by atoms with E-state index in [9.17, 15) is 22.8 Å². The van der Waals surface area contributed by atoms with Gasteiger partial charge in [-0.15, -0.1) is 0 Å². The molecule has 2 amide bonds. The number of rotatable bonds is 10. The second kappa shape index (κ2) is 12.9. The lowest BCUT2D eigenvalue weighted by Gasteiger charge is -2.23. The van der Waals surface area contributed by atoms with Gasteiger partial charge in [-0.3, -0.25) is 19.5 Å². The molecule has 0 saturated carbocycles. The van der Waals surface area contributed by atoms with Gasteiger partial charge in [0, 0.05) is 42.7 Å². The van der Waals surface area contributed by atoms with Gasteiger partial charge in [0.05, 0.1) is 16.3 Å². The van der Waals surface area contributed by atoms with Crippen molar-refractivity contribution in [3.63, 3.8) is 0 Å². The van der Waals surface area contributed by atoms with Gasteiger partial charge >= 0.3 is 5.92 Å². The fourth-order valence-corrected chi connectivity index (χ4v) is 5.56. The maximum atomic E-state index is 14.6. The Bertz CT molecular complexity index is 1500. The van der Waals surface area contributed by atoms with E-state index >= 15 is 0 Å². The van der Waals surface area contributed by atoms with E-state index in [4.69, 9.17) is 11.6 Å². The van der Waals surface area contributed by atoms with E-state index in [1.165, 1.54) is 35.7 Å².